The maximum atomic E-state index is 13.0. The number of benzene rings is 2. The van der Waals surface area contributed by atoms with Crippen LogP contribution in [-0.2, 0) is 13.0 Å². The smallest absolute Gasteiger partial charge is 0.261 e. The van der Waals surface area contributed by atoms with E-state index in [1.807, 2.05) is 35.9 Å². The van der Waals surface area contributed by atoms with Gasteiger partial charge in [-0.2, -0.15) is 5.10 Å². The van der Waals surface area contributed by atoms with Crippen LogP contribution in [0.1, 0.15) is 26.5 Å². The van der Waals surface area contributed by atoms with Crippen LogP contribution in [-0.4, -0.2) is 22.2 Å². The number of nitrogens with zero attached hydrogens (tertiary/aromatic N) is 2. The van der Waals surface area contributed by atoms with E-state index in [0.717, 1.165) is 21.5 Å². The number of carbonyl (C=O) groups excluding carboxylic acids is 1. The Morgan fingerprint density at radius 1 is 1.11 bits per heavy atom. The average Bonchev–Trinajstić information content (AvgIpc) is 3.26. The molecule has 0 spiro atoms. The van der Waals surface area contributed by atoms with Gasteiger partial charge in [0.05, 0.1) is 17.1 Å². The van der Waals surface area contributed by atoms with Crippen LogP contribution in [0.3, 0.4) is 0 Å². The van der Waals surface area contributed by atoms with Gasteiger partial charge in [0.15, 0.2) is 0 Å². The van der Waals surface area contributed by atoms with Crippen molar-refractivity contribution in [3.63, 3.8) is 0 Å². The highest BCUT2D eigenvalue weighted by molar-refractivity contribution is 7.20. The van der Waals surface area contributed by atoms with Gasteiger partial charge in [-0.25, -0.2) is 4.39 Å². The fourth-order valence-corrected chi connectivity index (χ4v) is 4.22. The van der Waals surface area contributed by atoms with E-state index in [2.05, 4.69) is 22.5 Å². The third-order valence-corrected chi connectivity index (χ3v) is 5.77. The molecule has 0 unspecified atom stereocenters. The predicted octanol–water partition coefficient (Wildman–Crippen LogP) is 4.57. The van der Waals surface area contributed by atoms with Crippen LogP contribution in [0.4, 0.5) is 4.39 Å². The molecule has 4 aromatic rings. The molecule has 0 bridgehead atoms. The Hall–Kier alpha value is -2.99. The molecule has 0 aliphatic carbocycles. The molecule has 4 rings (SSSR count). The molecular weight excluding hydrogens is 373 g/mol. The van der Waals surface area contributed by atoms with Gasteiger partial charge in [0.25, 0.3) is 5.91 Å². The van der Waals surface area contributed by atoms with E-state index < -0.39 is 0 Å². The number of hydrogen-bond acceptors (Lipinski definition) is 3. The molecule has 1 N–H and O–H groups in total. The maximum absolute atomic E-state index is 13.0. The van der Waals surface area contributed by atoms with Crippen molar-refractivity contribution in [3.05, 3.63) is 88.2 Å². The molecule has 4 nitrogen and oxygen atoms in total. The van der Waals surface area contributed by atoms with E-state index in [-0.39, 0.29) is 11.7 Å². The van der Waals surface area contributed by atoms with Gasteiger partial charge in [0.2, 0.25) is 0 Å². The summed E-state index contributed by atoms with van der Waals surface area (Å²) in [5, 5.41) is 8.59. The molecule has 1 amide bonds. The van der Waals surface area contributed by atoms with Gasteiger partial charge in [-0.15, -0.1) is 11.3 Å². The number of rotatable bonds is 6. The zero-order valence-corrected chi connectivity index (χ0v) is 16.3. The molecule has 142 valence electrons. The predicted molar refractivity (Wildman–Crippen MR) is 110 cm³/mol. The first-order valence-electron chi connectivity index (χ1n) is 9.13. The number of thiophene rings is 1. The Morgan fingerprint density at radius 2 is 1.86 bits per heavy atom. The fraction of sp³-hybridized carbons (Fsp3) is 0.182. The second kappa shape index (κ2) is 7.94. The van der Waals surface area contributed by atoms with Gasteiger partial charge in [0, 0.05) is 11.9 Å². The van der Waals surface area contributed by atoms with Crippen LogP contribution in [0.25, 0.3) is 10.2 Å². The summed E-state index contributed by atoms with van der Waals surface area (Å²) in [5.41, 5.74) is 3.09. The normalized spacial score (nSPS) is 11.1. The van der Waals surface area contributed by atoms with Crippen molar-refractivity contribution >= 4 is 27.5 Å². The second-order valence-electron chi connectivity index (χ2n) is 6.69. The monoisotopic (exact) mass is 393 g/mol. The van der Waals surface area contributed by atoms with Crippen molar-refractivity contribution in [1.29, 1.82) is 0 Å². The summed E-state index contributed by atoms with van der Waals surface area (Å²) in [6.45, 7) is 3.15. The number of fused-ring (bicyclic) bond motifs is 1. The van der Waals surface area contributed by atoms with Crippen LogP contribution >= 0.6 is 11.3 Å². The summed E-state index contributed by atoms with van der Waals surface area (Å²) < 4.78 is 14.9. The number of nitrogens with one attached hydrogen (secondary N) is 1. The molecule has 6 heteroatoms. The second-order valence-corrected chi connectivity index (χ2v) is 7.72. The van der Waals surface area contributed by atoms with Crippen molar-refractivity contribution in [1.82, 2.24) is 15.1 Å². The van der Waals surface area contributed by atoms with E-state index in [1.165, 1.54) is 29.0 Å². The van der Waals surface area contributed by atoms with Gasteiger partial charge >= 0.3 is 0 Å². The molecule has 0 aliphatic rings. The van der Waals surface area contributed by atoms with Gasteiger partial charge in [-0.05, 0) is 42.7 Å². The minimum atomic E-state index is -0.252. The Kier molecular flexibility index (Phi) is 5.21. The fourth-order valence-electron chi connectivity index (χ4n) is 3.15. The zero-order valence-electron chi connectivity index (χ0n) is 15.5. The van der Waals surface area contributed by atoms with Crippen molar-refractivity contribution in [3.8, 4) is 0 Å². The van der Waals surface area contributed by atoms with Gasteiger partial charge in [-0.1, -0.05) is 42.5 Å². The van der Waals surface area contributed by atoms with Crippen molar-refractivity contribution in [2.75, 3.05) is 6.54 Å². The first-order valence-corrected chi connectivity index (χ1v) is 9.95. The van der Waals surface area contributed by atoms with Crippen LogP contribution in [0.15, 0.2) is 60.7 Å². The first-order chi connectivity index (χ1) is 13.6. The summed E-state index contributed by atoms with van der Waals surface area (Å²) in [4.78, 5) is 14.2. The molecule has 0 saturated heterocycles. The molecule has 0 fully saturated rings. The van der Waals surface area contributed by atoms with Crippen molar-refractivity contribution in [2.45, 2.75) is 19.9 Å². The first kappa shape index (κ1) is 18.4. The lowest BCUT2D eigenvalue weighted by atomic mass is 10.1. The summed E-state index contributed by atoms with van der Waals surface area (Å²) in [6, 6.07) is 18.4. The largest absolute Gasteiger partial charge is 0.351 e. The quantitative estimate of drug-likeness (QED) is 0.522. The maximum Gasteiger partial charge on any atom is 0.261 e. The number of carbonyl (C=O) groups is 1. The van der Waals surface area contributed by atoms with E-state index >= 15 is 0 Å². The van der Waals surface area contributed by atoms with Crippen molar-refractivity contribution < 1.29 is 9.18 Å². The topological polar surface area (TPSA) is 46.9 Å². The summed E-state index contributed by atoms with van der Waals surface area (Å²) in [7, 11) is 0. The van der Waals surface area contributed by atoms with E-state index in [9.17, 15) is 9.18 Å². The third-order valence-electron chi connectivity index (χ3n) is 4.62. The summed E-state index contributed by atoms with van der Waals surface area (Å²) in [6.07, 6.45) is 0.664. The Bertz CT molecular complexity index is 1100. The van der Waals surface area contributed by atoms with Crippen LogP contribution in [0, 0.1) is 12.7 Å². The molecule has 0 saturated carbocycles. The number of halogens is 1. The van der Waals surface area contributed by atoms with Crippen LogP contribution in [0.5, 0.6) is 0 Å². The lowest BCUT2D eigenvalue weighted by Gasteiger charge is -2.04. The van der Waals surface area contributed by atoms with Gasteiger partial charge < -0.3 is 5.32 Å². The molecule has 0 radical (unpaired) electrons. The molecule has 2 heterocycles. The van der Waals surface area contributed by atoms with E-state index in [0.29, 0.717) is 24.4 Å². The SMILES string of the molecule is Cc1nn(Cc2ccccc2)c2sc(C(=O)NCCc3ccc(F)cc3)cc12. The lowest BCUT2D eigenvalue weighted by molar-refractivity contribution is 0.0958. The van der Waals surface area contributed by atoms with Crippen LogP contribution in [0.2, 0.25) is 0 Å². The van der Waals surface area contributed by atoms with E-state index in [4.69, 9.17) is 0 Å². The Balaban J connectivity index is 1.45. The van der Waals surface area contributed by atoms with Crippen molar-refractivity contribution in [2.24, 2.45) is 0 Å². The van der Waals surface area contributed by atoms with Gasteiger partial charge in [0.1, 0.15) is 10.6 Å². The molecule has 2 aromatic carbocycles. The summed E-state index contributed by atoms with van der Waals surface area (Å²) >= 11 is 1.46. The molecule has 0 aliphatic heterocycles. The number of hydrogen-bond donors (Lipinski definition) is 1. The minimum absolute atomic E-state index is 0.0889. The van der Waals surface area contributed by atoms with Crippen LogP contribution < -0.4 is 5.32 Å². The molecular formula is C22H20FN3OS. The highest BCUT2D eigenvalue weighted by Gasteiger charge is 2.16. The van der Waals surface area contributed by atoms with Gasteiger partial charge in [-0.3, -0.25) is 9.48 Å². The molecule has 0 atom stereocenters. The lowest BCUT2D eigenvalue weighted by Crippen LogP contribution is -2.24. The summed E-state index contributed by atoms with van der Waals surface area (Å²) in [5.74, 6) is -0.341. The highest BCUT2D eigenvalue weighted by Crippen LogP contribution is 2.28. The zero-order chi connectivity index (χ0) is 19.5. The number of amides is 1. The highest BCUT2D eigenvalue weighted by atomic mass is 32.1. The number of aromatic nitrogens is 2. The van der Waals surface area contributed by atoms with E-state index in [1.54, 1.807) is 12.1 Å². The Morgan fingerprint density at radius 3 is 2.61 bits per heavy atom. The number of aryl methyl sites for hydroxylation is 1. The Labute approximate surface area is 166 Å². The average molecular weight is 393 g/mol. The third kappa shape index (κ3) is 3.97. The standard InChI is InChI=1S/C22H20FN3OS/c1-15-19-13-20(21(27)24-12-11-16-7-9-18(23)10-8-16)28-22(19)26(25-15)14-17-5-3-2-4-6-17/h2-10,13H,11-12,14H2,1H3,(H,24,27). The molecule has 2 aromatic heterocycles. The molecule has 28 heavy (non-hydrogen) atoms. The minimum Gasteiger partial charge on any atom is -0.351 e.